The molecule has 8 heteroatoms. The van der Waals surface area contributed by atoms with Crippen LogP contribution in [0.5, 0.6) is 0 Å². The zero-order valence-electron chi connectivity index (χ0n) is 14.3. The summed E-state index contributed by atoms with van der Waals surface area (Å²) in [5.41, 5.74) is 0.729. The van der Waals surface area contributed by atoms with Crippen LogP contribution in [0.25, 0.3) is 0 Å². The number of carbonyl (C=O) groups is 3. The van der Waals surface area contributed by atoms with Crippen LogP contribution in [0.3, 0.4) is 0 Å². The number of carboxylic acid groups (broad SMARTS) is 1. The first kappa shape index (κ1) is 20.8. The van der Waals surface area contributed by atoms with Crippen LogP contribution < -0.4 is 5.32 Å². The number of benzene rings is 1. The maximum atomic E-state index is 11.9. The van der Waals surface area contributed by atoms with Gasteiger partial charge in [0.25, 0.3) is 6.29 Å². The van der Waals surface area contributed by atoms with E-state index in [1.807, 2.05) is 0 Å². The molecule has 1 aromatic rings. The average molecular weight is 372 g/mol. The Morgan fingerprint density at radius 2 is 1.76 bits per heavy atom. The highest BCUT2D eigenvalue weighted by Crippen LogP contribution is 2.21. The van der Waals surface area contributed by atoms with Crippen LogP contribution in [0.2, 0.25) is 5.02 Å². The van der Waals surface area contributed by atoms with Gasteiger partial charge >= 0.3 is 18.0 Å². The molecule has 0 aromatic heterocycles. The molecule has 1 unspecified atom stereocenters. The number of rotatable bonds is 8. The first-order valence-corrected chi connectivity index (χ1v) is 8.15. The van der Waals surface area contributed by atoms with Crippen LogP contribution in [0.1, 0.15) is 38.7 Å². The van der Waals surface area contributed by atoms with Crippen molar-refractivity contribution < 1.29 is 29.0 Å². The van der Waals surface area contributed by atoms with E-state index in [4.69, 9.17) is 26.2 Å². The first-order chi connectivity index (χ1) is 11.7. The minimum Gasteiger partial charge on any atom is -0.481 e. The number of amides is 1. The van der Waals surface area contributed by atoms with Gasteiger partial charge in [-0.3, -0.25) is 9.59 Å². The molecular formula is C17H22ClNO6. The zero-order valence-corrected chi connectivity index (χ0v) is 15.1. The number of carbonyl (C=O) groups excluding carboxylic acids is 2. The Kier molecular flexibility index (Phi) is 8.21. The third-order valence-electron chi connectivity index (χ3n) is 3.30. The molecule has 0 aliphatic carbocycles. The van der Waals surface area contributed by atoms with Crippen molar-refractivity contribution >= 4 is 29.6 Å². The van der Waals surface area contributed by atoms with Gasteiger partial charge in [0.15, 0.2) is 0 Å². The highest BCUT2D eigenvalue weighted by Gasteiger charge is 2.22. The molecular weight excluding hydrogens is 350 g/mol. The largest absolute Gasteiger partial charge is 0.481 e. The summed E-state index contributed by atoms with van der Waals surface area (Å²) in [4.78, 5) is 34.0. The van der Waals surface area contributed by atoms with Gasteiger partial charge in [0.1, 0.15) is 0 Å². The van der Waals surface area contributed by atoms with Crippen LogP contribution in [-0.4, -0.2) is 36.0 Å². The number of ether oxygens (including phenoxy) is 2. The number of nitrogens with one attached hydrogen (secondary N) is 1. The number of halogens is 1. The quantitative estimate of drug-likeness (QED) is 0.537. The molecule has 2 atom stereocenters. The highest BCUT2D eigenvalue weighted by atomic mass is 35.5. The molecule has 0 saturated carbocycles. The van der Waals surface area contributed by atoms with Crippen LogP contribution in [-0.2, 0) is 19.1 Å². The van der Waals surface area contributed by atoms with E-state index < -0.39 is 30.2 Å². The Hall–Kier alpha value is -2.28. The molecule has 25 heavy (non-hydrogen) atoms. The fourth-order valence-corrected chi connectivity index (χ4v) is 2.19. The Balaban J connectivity index is 2.68. The molecule has 0 bridgehead atoms. The summed E-state index contributed by atoms with van der Waals surface area (Å²) >= 11 is 5.83. The third kappa shape index (κ3) is 7.89. The van der Waals surface area contributed by atoms with Gasteiger partial charge in [-0.1, -0.05) is 37.6 Å². The van der Waals surface area contributed by atoms with E-state index in [1.54, 1.807) is 38.1 Å². The van der Waals surface area contributed by atoms with Crippen molar-refractivity contribution in [2.75, 3.05) is 6.54 Å². The topological polar surface area (TPSA) is 102 Å². The van der Waals surface area contributed by atoms with Gasteiger partial charge in [-0.05, 0) is 17.7 Å². The summed E-state index contributed by atoms with van der Waals surface area (Å²) in [6.07, 6.45) is -1.96. The monoisotopic (exact) mass is 371 g/mol. The maximum Gasteiger partial charge on any atom is 0.410 e. The predicted molar refractivity (Wildman–Crippen MR) is 91.3 cm³/mol. The summed E-state index contributed by atoms with van der Waals surface area (Å²) in [5.74, 6) is -2.22. The van der Waals surface area contributed by atoms with E-state index in [0.717, 1.165) is 5.56 Å². The second-order valence-electron chi connectivity index (χ2n) is 5.85. The van der Waals surface area contributed by atoms with Gasteiger partial charge in [-0.15, -0.1) is 0 Å². The van der Waals surface area contributed by atoms with Crippen LogP contribution in [0.15, 0.2) is 24.3 Å². The number of esters is 1. The Bertz CT molecular complexity index is 602. The minimum atomic E-state index is -1.01. The molecule has 1 amide bonds. The fourth-order valence-electron chi connectivity index (χ4n) is 2.07. The Morgan fingerprint density at radius 1 is 1.16 bits per heavy atom. The molecule has 1 rings (SSSR count). The van der Waals surface area contributed by atoms with Gasteiger partial charge < -0.3 is 19.9 Å². The number of hydrogen-bond donors (Lipinski definition) is 2. The fraction of sp³-hybridized carbons (Fsp3) is 0.471. The lowest BCUT2D eigenvalue weighted by Gasteiger charge is -2.22. The van der Waals surface area contributed by atoms with Gasteiger partial charge in [0.2, 0.25) is 0 Å². The lowest BCUT2D eigenvalue weighted by molar-refractivity contribution is -0.172. The van der Waals surface area contributed by atoms with Gasteiger partial charge in [-0.25, -0.2) is 4.79 Å². The van der Waals surface area contributed by atoms with Crippen molar-refractivity contribution in [2.45, 2.75) is 39.4 Å². The third-order valence-corrected chi connectivity index (χ3v) is 3.56. The van der Waals surface area contributed by atoms with E-state index in [1.165, 1.54) is 6.92 Å². The average Bonchev–Trinajstić information content (AvgIpc) is 2.50. The molecule has 0 radical (unpaired) electrons. The van der Waals surface area contributed by atoms with Crippen LogP contribution in [0.4, 0.5) is 4.79 Å². The predicted octanol–water partition coefficient (Wildman–Crippen LogP) is 3.17. The van der Waals surface area contributed by atoms with Crippen molar-refractivity contribution in [2.24, 2.45) is 5.92 Å². The summed E-state index contributed by atoms with van der Waals surface area (Å²) in [5, 5.41) is 12.1. The summed E-state index contributed by atoms with van der Waals surface area (Å²) in [7, 11) is 0. The smallest absolute Gasteiger partial charge is 0.410 e. The van der Waals surface area contributed by atoms with Crippen molar-refractivity contribution in [1.82, 2.24) is 5.32 Å². The van der Waals surface area contributed by atoms with E-state index in [9.17, 15) is 14.4 Å². The summed E-state index contributed by atoms with van der Waals surface area (Å²) < 4.78 is 9.99. The molecule has 0 saturated heterocycles. The second kappa shape index (κ2) is 9.88. The highest BCUT2D eigenvalue weighted by molar-refractivity contribution is 6.30. The van der Waals surface area contributed by atoms with Gasteiger partial charge in [0, 0.05) is 30.3 Å². The number of hydrogen-bond acceptors (Lipinski definition) is 5. The van der Waals surface area contributed by atoms with Crippen LogP contribution >= 0.6 is 11.6 Å². The molecule has 0 heterocycles. The SMILES string of the molecule is CC(=O)OC(OC(=O)NC[C@H](CC(=O)O)c1ccc(Cl)cc1)C(C)C. The molecule has 0 fully saturated rings. The lowest BCUT2D eigenvalue weighted by Crippen LogP contribution is -2.36. The molecule has 1 aromatic carbocycles. The molecule has 138 valence electrons. The maximum absolute atomic E-state index is 11.9. The van der Waals surface area contributed by atoms with Gasteiger partial charge in [0.05, 0.1) is 6.42 Å². The Morgan fingerprint density at radius 3 is 2.24 bits per heavy atom. The molecule has 7 nitrogen and oxygen atoms in total. The van der Waals surface area contributed by atoms with E-state index in [0.29, 0.717) is 5.02 Å². The number of aliphatic carboxylic acids is 1. The standard InChI is InChI=1S/C17H22ClNO6/c1-10(2)16(24-11(3)20)25-17(23)19-9-13(8-15(21)22)12-4-6-14(18)7-5-12/h4-7,10,13,16H,8-9H2,1-3H3,(H,19,23)(H,21,22)/t13-,16?/m0/s1. The summed E-state index contributed by atoms with van der Waals surface area (Å²) in [6, 6.07) is 6.72. The van der Waals surface area contributed by atoms with Crippen molar-refractivity contribution in [3.63, 3.8) is 0 Å². The first-order valence-electron chi connectivity index (χ1n) is 7.78. The Labute approximate surface area is 151 Å². The molecule has 2 N–H and O–H groups in total. The van der Waals surface area contributed by atoms with Crippen molar-refractivity contribution in [3.05, 3.63) is 34.9 Å². The number of carboxylic acids is 1. The van der Waals surface area contributed by atoms with Crippen LogP contribution in [0, 0.1) is 5.92 Å². The van der Waals surface area contributed by atoms with Crippen molar-refractivity contribution in [3.8, 4) is 0 Å². The molecule has 0 aliphatic rings. The van der Waals surface area contributed by atoms with E-state index in [-0.39, 0.29) is 18.9 Å². The number of alkyl carbamates (subject to hydrolysis) is 1. The summed E-state index contributed by atoms with van der Waals surface area (Å²) in [6.45, 7) is 4.75. The lowest BCUT2D eigenvalue weighted by atomic mass is 9.96. The molecule has 0 aliphatic heterocycles. The van der Waals surface area contributed by atoms with E-state index in [2.05, 4.69) is 5.32 Å². The minimum absolute atomic E-state index is 0.0532. The van der Waals surface area contributed by atoms with Gasteiger partial charge in [-0.2, -0.15) is 0 Å². The van der Waals surface area contributed by atoms with Crippen molar-refractivity contribution in [1.29, 1.82) is 0 Å². The normalized spacial score (nSPS) is 13.0. The second-order valence-corrected chi connectivity index (χ2v) is 6.29. The zero-order chi connectivity index (χ0) is 19.0. The molecule has 0 spiro atoms. The van der Waals surface area contributed by atoms with E-state index >= 15 is 0 Å².